The van der Waals surface area contributed by atoms with Gasteiger partial charge >= 0.3 is 6.18 Å². The van der Waals surface area contributed by atoms with Crippen molar-refractivity contribution in [2.24, 2.45) is 17.8 Å². The lowest BCUT2D eigenvalue weighted by atomic mass is 9.88. The Kier molecular flexibility index (Phi) is 9.27. The minimum Gasteiger partial charge on any atom is -0.347 e. The third kappa shape index (κ3) is 7.67. The predicted molar refractivity (Wildman–Crippen MR) is 160 cm³/mol. The molecule has 3 atom stereocenters. The van der Waals surface area contributed by atoms with Gasteiger partial charge in [-0.2, -0.15) is 18.3 Å². The lowest BCUT2D eigenvalue weighted by molar-refractivity contribution is -0.160. The summed E-state index contributed by atoms with van der Waals surface area (Å²) in [5.74, 6) is -1.35. The molecule has 0 radical (unpaired) electrons. The van der Waals surface area contributed by atoms with E-state index in [4.69, 9.17) is 0 Å². The van der Waals surface area contributed by atoms with Crippen molar-refractivity contribution in [1.29, 1.82) is 0 Å². The number of nitrogens with one attached hydrogen (secondary N) is 3. The second kappa shape index (κ2) is 12.8. The fraction of sp³-hybridized carbons (Fsp3) is 0.594. The molecule has 13 heteroatoms. The summed E-state index contributed by atoms with van der Waals surface area (Å²) in [6.45, 7) is 4.98. The molecular formula is C32H41F3N6O4. The van der Waals surface area contributed by atoms with E-state index in [-0.39, 0.29) is 23.8 Å². The number of nitrogens with zero attached hydrogens (tertiary/aromatic N) is 3. The van der Waals surface area contributed by atoms with Crippen LogP contribution in [0.2, 0.25) is 0 Å². The molecule has 2 aromatic rings. The van der Waals surface area contributed by atoms with Gasteiger partial charge in [-0.25, -0.2) is 0 Å². The number of halogens is 3. The van der Waals surface area contributed by atoms with Gasteiger partial charge in [0.15, 0.2) is 0 Å². The number of hydrogen-bond donors (Lipinski definition) is 3. The number of amides is 4. The zero-order chi connectivity index (χ0) is 32.6. The minimum absolute atomic E-state index is 0.0266. The van der Waals surface area contributed by atoms with E-state index in [0.717, 1.165) is 48.6 Å². The molecule has 0 unspecified atom stereocenters. The predicted octanol–water partition coefficient (Wildman–Crippen LogP) is 4.54. The first-order chi connectivity index (χ1) is 21.2. The van der Waals surface area contributed by atoms with E-state index in [1.165, 1.54) is 7.05 Å². The summed E-state index contributed by atoms with van der Waals surface area (Å²) < 4.78 is 41.2. The Labute approximate surface area is 260 Å². The number of alkyl halides is 3. The monoisotopic (exact) mass is 630 g/mol. The normalized spacial score (nSPS) is 19.2. The Balaban J connectivity index is 1.30. The number of carbonyl (C=O) groups excluding carboxylic acids is 4. The number of carbonyl (C=O) groups is 4. The maximum absolute atomic E-state index is 13.8. The molecule has 244 valence electrons. The first kappa shape index (κ1) is 32.5. The molecule has 0 bridgehead atoms. The molecule has 1 aromatic carbocycles. The van der Waals surface area contributed by atoms with Crippen LogP contribution in [0.15, 0.2) is 30.5 Å². The van der Waals surface area contributed by atoms with Crippen molar-refractivity contribution >= 4 is 29.3 Å². The summed E-state index contributed by atoms with van der Waals surface area (Å²) in [6, 6.07) is 3.95. The lowest BCUT2D eigenvalue weighted by Gasteiger charge is -2.28. The van der Waals surface area contributed by atoms with Crippen LogP contribution < -0.4 is 16.0 Å². The van der Waals surface area contributed by atoms with Crippen molar-refractivity contribution in [3.05, 3.63) is 47.3 Å². The standard InChI is InChI=1S/C32H41F3N6O4/c1-17(2)41-25(13-14-36-41)29(43)39-28(27(19-5-6-19)20-7-8-20)31(45)37-22-10-11-23-21(15-22)9-12-24(23)38-30(44)26(16-32(33,34)35)40(4)18(3)42/h10-11,13-15,17,19-20,24,26-28H,5-9,12,16H2,1-4H3,(H,37,45)(H,38,44)(H,39,43)/t24-,26-,28+/m1/s1. The summed E-state index contributed by atoms with van der Waals surface area (Å²) in [6.07, 6.45) is 0.632. The molecule has 3 N–H and O–H groups in total. The van der Waals surface area contributed by atoms with Crippen LogP contribution in [0.3, 0.4) is 0 Å². The molecule has 45 heavy (non-hydrogen) atoms. The highest BCUT2D eigenvalue weighted by Crippen LogP contribution is 2.51. The fourth-order valence-electron chi connectivity index (χ4n) is 6.53. The molecule has 4 amide bonds. The molecule has 1 heterocycles. The third-order valence-corrected chi connectivity index (χ3v) is 9.18. The molecule has 0 aliphatic heterocycles. The van der Waals surface area contributed by atoms with Gasteiger partial charge < -0.3 is 20.9 Å². The van der Waals surface area contributed by atoms with E-state index in [1.54, 1.807) is 29.1 Å². The Bertz CT molecular complexity index is 1440. The van der Waals surface area contributed by atoms with E-state index >= 15 is 0 Å². The molecule has 0 spiro atoms. The van der Waals surface area contributed by atoms with E-state index < -0.39 is 42.5 Å². The van der Waals surface area contributed by atoms with Crippen LogP contribution in [-0.4, -0.2) is 63.6 Å². The van der Waals surface area contributed by atoms with Crippen molar-refractivity contribution in [2.45, 2.75) is 96.1 Å². The van der Waals surface area contributed by atoms with Crippen LogP contribution in [0.4, 0.5) is 18.9 Å². The topological polar surface area (TPSA) is 125 Å². The van der Waals surface area contributed by atoms with Gasteiger partial charge in [-0.15, -0.1) is 0 Å². The van der Waals surface area contributed by atoms with E-state index in [2.05, 4.69) is 21.0 Å². The number of rotatable bonds is 12. The number of fused-ring (bicyclic) bond motifs is 1. The van der Waals surface area contributed by atoms with Crippen molar-refractivity contribution in [2.75, 3.05) is 12.4 Å². The van der Waals surface area contributed by atoms with Gasteiger partial charge in [-0.1, -0.05) is 6.07 Å². The van der Waals surface area contributed by atoms with Crippen molar-refractivity contribution in [3.63, 3.8) is 0 Å². The van der Waals surface area contributed by atoms with Gasteiger partial charge in [0, 0.05) is 31.9 Å². The van der Waals surface area contributed by atoms with Crippen molar-refractivity contribution in [3.8, 4) is 0 Å². The first-order valence-electron chi connectivity index (χ1n) is 15.6. The molecule has 10 nitrogen and oxygen atoms in total. The molecule has 2 fully saturated rings. The number of aryl methyl sites for hydroxylation is 1. The van der Waals surface area contributed by atoms with Gasteiger partial charge in [0.25, 0.3) is 5.91 Å². The van der Waals surface area contributed by atoms with Crippen LogP contribution in [0.1, 0.15) is 93.0 Å². The van der Waals surface area contributed by atoms with Gasteiger partial charge in [-0.3, -0.25) is 23.9 Å². The maximum Gasteiger partial charge on any atom is 0.391 e. The summed E-state index contributed by atoms with van der Waals surface area (Å²) in [7, 11) is 1.18. The Morgan fingerprint density at radius 3 is 2.27 bits per heavy atom. The van der Waals surface area contributed by atoms with E-state index in [1.807, 2.05) is 19.9 Å². The quantitative estimate of drug-likeness (QED) is 0.318. The maximum atomic E-state index is 13.8. The van der Waals surface area contributed by atoms with Crippen LogP contribution in [0.25, 0.3) is 0 Å². The van der Waals surface area contributed by atoms with Gasteiger partial charge in [0.2, 0.25) is 17.7 Å². The average molecular weight is 631 g/mol. The van der Waals surface area contributed by atoms with Crippen LogP contribution in [-0.2, 0) is 20.8 Å². The molecule has 5 rings (SSSR count). The van der Waals surface area contributed by atoms with E-state index in [9.17, 15) is 32.3 Å². The lowest BCUT2D eigenvalue weighted by Crippen LogP contribution is -2.50. The minimum atomic E-state index is -4.63. The van der Waals surface area contributed by atoms with E-state index in [0.29, 0.717) is 36.1 Å². The number of likely N-dealkylation sites (N-methyl/N-ethyl adjacent to an activating group) is 1. The van der Waals surface area contributed by atoms with Gasteiger partial charge in [-0.05, 0) is 99.5 Å². The van der Waals surface area contributed by atoms with Crippen molar-refractivity contribution in [1.82, 2.24) is 25.3 Å². The van der Waals surface area contributed by atoms with Crippen LogP contribution >= 0.6 is 0 Å². The van der Waals surface area contributed by atoms with Gasteiger partial charge in [0.1, 0.15) is 17.8 Å². The average Bonchev–Trinajstić information content (AvgIpc) is 3.90. The number of anilines is 1. The molecule has 2 saturated carbocycles. The molecule has 1 aromatic heterocycles. The molecular weight excluding hydrogens is 589 g/mol. The summed E-state index contributed by atoms with van der Waals surface area (Å²) in [5, 5.41) is 13.0. The summed E-state index contributed by atoms with van der Waals surface area (Å²) in [4.78, 5) is 52.8. The zero-order valence-corrected chi connectivity index (χ0v) is 26.0. The van der Waals surface area contributed by atoms with Gasteiger partial charge in [0.05, 0.1) is 12.5 Å². The summed E-state index contributed by atoms with van der Waals surface area (Å²) >= 11 is 0. The smallest absolute Gasteiger partial charge is 0.347 e. The highest BCUT2D eigenvalue weighted by atomic mass is 19.4. The van der Waals surface area contributed by atoms with Crippen molar-refractivity contribution < 1.29 is 32.3 Å². The molecule has 3 aliphatic carbocycles. The second-order valence-corrected chi connectivity index (χ2v) is 12.9. The highest BCUT2D eigenvalue weighted by Gasteiger charge is 2.48. The Morgan fingerprint density at radius 1 is 1.02 bits per heavy atom. The second-order valence-electron chi connectivity index (χ2n) is 12.9. The van der Waals surface area contributed by atoms with Crippen LogP contribution in [0.5, 0.6) is 0 Å². The Morgan fingerprint density at radius 2 is 1.69 bits per heavy atom. The Hall–Kier alpha value is -3.90. The number of benzene rings is 1. The largest absolute Gasteiger partial charge is 0.391 e. The highest BCUT2D eigenvalue weighted by molar-refractivity contribution is 6.01. The summed E-state index contributed by atoms with van der Waals surface area (Å²) in [5.41, 5.74) is 2.53. The zero-order valence-electron chi connectivity index (χ0n) is 26.0. The number of aromatic nitrogens is 2. The number of hydrogen-bond acceptors (Lipinski definition) is 5. The molecule has 0 saturated heterocycles. The SMILES string of the molecule is CC(=O)N(C)[C@H](CC(F)(F)F)C(=O)N[C@@H]1CCc2cc(NC(=O)[C@@H](NC(=O)c3ccnn3C(C)C)C(C3CC3)C3CC3)ccc21. The van der Waals surface area contributed by atoms with Crippen LogP contribution in [0, 0.1) is 17.8 Å². The first-order valence-corrected chi connectivity index (χ1v) is 15.6. The third-order valence-electron chi connectivity index (χ3n) is 9.18. The fourth-order valence-corrected chi connectivity index (χ4v) is 6.53. The molecule has 3 aliphatic rings.